The van der Waals surface area contributed by atoms with Crippen molar-refractivity contribution in [1.29, 1.82) is 0 Å². The Hall–Kier alpha value is -3.70. The maximum Gasteiger partial charge on any atom is 0.167 e. The predicted octanol–water partition coefficient (Wildman–Crippen LogP) is 4.04. The molecule has 4 heterocycles. The van der Waals surface area contributed by atoms with Gasteiger partial charge >= 0.3 is 0 Å². The fourth-order valence-electron chi connectivity index (χ4n) is 4.49. The van der Waals surface area contributed by atoms with Gasteiger partial charge in [-0.3, -0.25) is 9.67 Å². The number of aliphatic hydroxyl groups is 2. The van der Waals surface area contributed by atoms with Crippen LogP contribution < -0.4 is 9.64 Å². The Morgan fingerprint density at radius 2 is 1.87 bits per heavy atom. The van der Waals surface area contributed by atoms with Gasteiger partial charge in [0.25, 0.3) is 0 Å². The molecule has 4 aromatic rings. The Labute approximate surface area is 218 Å². The summed E-state index contributed by atoms with van der Waals surface area (Å²) in [7, 11) is 0. The van der Waals surface area contributed by atoms with Crippen molar-refractivity contribution in [3.63, 3.8) is 0 Å². The molecule has 0 bridgehead atoms. The first-order valence-electron chi connectivity index (χ1n) is 12.6. The minimum Gasteiger partial charge on any atom is -0.487 e. The number of piperidine rings is 1. The zero-order chi connectivity index (χ0) is 27.0. The molecule has 3 aromatic heterocycles. The third kappa shape index (κ3) is 5.30. The highest BCUT2D eigenvalue weighted by Gasteiger charge is 2.29. The van der Waals surface area contributed by atoms with Crippen molar-refractivity contribution < 1.29 is 23.7 Å². The number of hydrogen-bond acceptors (Lipinski definition) is 8. The van der Waals surface area contributed by atoms with Gasteiger partial charge in [-0.2, -0.15) is 5.10 Å². The Kier molecular flexibility index (Phi) is 6.97. The Bertz CT molecular complexity index is 1450. The second-order valence-electron chi connectivity index (χ2n) is 10.0. The van der Waals surface area contributed by atoms with Crippen LogP contribution in [0.3, 0.4) is 0 Å². The van der Waals surface area contributed by atoms with E-state index in [0.717, 1.165) is 11.6 Å². The average molecular weight is 525 g/mol. The van der Waals surface area contributed by atoms with E-state index in [-0.39, 0.29) is 11.9 Å². The number of aryl methyl sites for hydroxylation is 1. The number of anilines is 1. The number of halogens is 2. The molecular weight excluding hydrogens is 494 g/mol. The summed E-state index contributed by atoms with van der Waals surface area (Å²) in [4.78, 5) is 16.2. The third-order valence-corrected chi connectivity index (χ3v) is 6.66. The van der Waals surface area contributed by atoms with Gasteiger partial charge in [-0.15, -0.1) is 0 Å². The largest absolute Gasteiger partial charge is 0.487 e. The molecule has 1 aliphatic rings. The number of hydrogen-bond donors (Lipinski definition) is 2. The van der Waals surface area contributed by atoms with Gasteiger partial charge < -0.3 is 19.8 Å². The molecule has 200 valence electrons. The van der Waals surface area contributed by atoms with E-state index in [0.29, 0.717) is 60.7 Å². The van der Waals surface area contributed by atoms with E-state index in [1.54, 1.807) is 23.1 Å². The number of nitrogens with zero attached hydrogens (tertiary/aromatic N) is 6. The Balaban J connectivity index is 1.45. The summed E-state index contributed by atoms with van der Waals surface area (Å²) in [6.45, 7) is 6.90. The van der Waals surface area contributed by atoms with E-state index in [4.69, 9.17) is 14.7 Å². The third-order valence-electron chi connectivity index (χ3n) is 6.66. The van der Waals surface area contributed by atoms with Crippen LogP contribution in [0.5, 0.6) is 5.75 Å². The van der Waals surface area contributed by atoms with E-state index in [2.05, 4.69) is 15.0 Å². The van der Waals surface area contributed by atoms with Crippen molar-refractivity contribution in [2.45, 2.75) is 58.0 Å². The molecule has 0 spiro atoms. The lowest BCUT2D eigenvalue weighted by Crippen LogP contribution is -2.39. The van der Waals surface area contributed by atoms with Gasteiger partial charge in [0, 0.05) is 50.3 Å². The molecule has 0 amide bonds. The first-order chi connectivity index (χ1) is 18.1. The molecule has 11 heteroatoms. The normalized spacial score (nSPS) is 15.7. The van der Waals surface area contributed by atoms with Crippen LogP contribution in [-0.4, -0.2) is 59.7 Å². The molecule has 9 nitrogen and oxygen atoms in total. The molecular formula is C27H30F2N6O3. The molecule has 0 aliphatic carbocycles. The van der Waals surface area contributed by atoms with Crippen LogP contribution in [0.4, 0.5) is 14.6 Å². The van der Waals surface area contributed by atoms with E-state index < -0.39 is 23.3 Å². The lowest BCUT2D eigenvalue weighted by atomic mass is 9.98. The maximum atomic E-state index is 14.1. The van der Waals surface area contributed by atoms with E-state index in [1.165, 1.54) is 26.0 Å². The standard InChI is InChI=1S/C27H30F2N6O3/c1-4-35-15-16(13-31-35)24-26(33-22-14-30-21(12-20(22)32-24)25(36)27(2,3)37)34-9-7-18(8-10-34)38-23-6-5-17(28)11-19(23)29/h5-6,11-15,18,25,36-37H,4,7-10H2,1-3H3/t25-/m0/s1. The highest BCUT2D eigenvalue weighted by atomic mass is 19.1. The van der Waals surface area contributed by atoms with Crippen LogP contribution in [-0.2, 0) is 6.54 Å². The summed E-state index contributed by atoms with van der Waals surface area (Å²) in [6, 6.07) is 4.95. The quantitative estimate of drug-likeness (QED) is 0.373. The summed E-state index contributed by atoms with van der Waals surface area (Å²) >= 11 is 0. The van der Waals surface area contributed by atoms with E-state index in [9.17, 15) is 19.0 Å². The summed E-state index contributed by atoms with van der Waals surface area (Å²) in [6.07, 6.45) is 4.99. The van der Waals surface area contributed by atoms with Crippen molar-refractivity contribution in [2.24, 2.45) is 0 Å². The number of benzene rings is 1. The molecule has 0 unspecified atom stereocenters. The minimum absolute atomic E-state index is 0.0399. The fraction of sp³-hybridized carbons (Fsp3) is 0.407. The second-order valence-corrected chi connectivity index (χ2v) is 10.0. The lowest BCUT2D eigenvalue weighted by molar-refractivity contribution is -0.0516. The zero-order valence-corrected chi connectivity index (χ0v) is 21.5. The number of pyridine rings is 1. The fourth-order valence-corrected chi connectivity index (χ4v) is 4.49. The smallest absolute Gasteiger partial charge is 0.167 e. The van der Waals surface area contributed by atoms with Gasteiger partial charge in [0.15, 0.2) is 17.4 Å². The van der Waals surface area contributed by atoms with Gasteiger partial charge in [0.2, 0.25) is 0 Å². The van der Waals surface area contributed by atoms with Crippen LogP contribution in [0.15, 0.2) is 42.9 Å². The van der Waals surface area contributed by atoms with Crippen LogP contribution >= 0.6 is 0 Å². The van der Waals surface area contributed by atoms with E-state index >= 15 is 0 Å². The predicted molar refractivity (Wildman–Crippen MR) is 138 cm³/mol. The number of ether oxygens (including phenoxy) is 1. The van der Waals surface area contributed by atoms with Crippen LogP contribution in [0.25, 0.3) is 22.3 Å². The van der Waals surface area contributed by atoms with E-state index in [1.807, 2.05) is 13.1 Å². The molecule has 1 aliphatic heterocycles. The summed E-state index contributed by atoms with van der Waals surface area (Å²) in [5.41, 5.74) is 1.44. The molecule has 0 radical (unpaired) electrons. The molecule has 1 saturated heterocycles. The average Bonchev–Trinajstić information content (AvgIpc) is 3.38. The summed E-state index contributed by atoms with van der Waals surface area (Å²) in [5.74, 6) is -0.658. The first kappa shape index (κ1) is 25.9. The molecule has 2 N–H and O–H groups in total. The molecule has 38 heavy (non-hydrogen) atoms. The molecule has 0 saturated carbocycles. The zero-order valence-electron chi connectivity index (χ0n) is 21.5. The van der Waals surface area contributed by atoms with Gasteiger partial charge in [-0.25, -0.2) is 18.7 Å². The Morgan fingerprint density at radius 3 is 2.53 bits per heavy atom. The monoisotopic (exact) mass is 524 g/mol. The second kappa shape index (κ2) is 10.2. The molecule has 1 aromatic carbocycles. The van der Waals surface area contributed by atoms with Crippen LogP contribution in [0.2, 0.25) is 0 Å². The van der Waals surface area contributed by atoms with Crippen LogP contribution in [0.1, 0.15) is 45.4 Å². The summed E-state index contributed by atoms with van der Waals surface area (Å²) < 4.78 is 34.9. The van der Waals surface area contributed by atoms with Gasteiger partial charge in [0.05, 0.1) is 29.2 Å². The number of aliphatic hydroxyl groups excluding tert-OH is 1. The Morgan fingerprint density at radius 1 is 1.11 bits per heavy atom. The SMILES string of the molecule is CCn1cc(-c2nc3cc([C@H](O)C(C)(C)O)ncc3nc2N2CCC(Oc3ccc(F)cc3F)CC2)cn1. The van der Waals surface area contributed by atoms with Gasteiger partial charge in [0.1, 0.15) is 29.2 Å². The van der Waals surface area contributed by atoms with Crippen molar-refractivity contribution in [3.05, 3.63) is 60.2 Å². The minimum atomic E-state index is -1.37. The highest BCUT2D eigenvalue weighted by Crippen LogP contribution is 2.33. The highest BCUT2D eigenvalue weighted by molar-refractivity contribution is 5.83. The molecule has 1 atom stereocenters. The molecule has 1 fully saturated rings. The van der Waals surface area contributed by atoms with Crippen LogP contribution in [0, 0.1) is 11.6 Å². The van der Waals surface area contributed by atoms with Gasteiger partial charge in [-0.05, 0) is 39.0 Å². The topological polar surface area (TPSA) is 109 Å². The number of fused-ring (bicyclic) bond motifs is 1. The summed E-state index contributed by atoms with van der Waals surface area (Å²) in [5, 5.41) is 25.2. The van der Waals surface area contributed by atoms with Crippen molar-refractivity contribution in [1.82, 2.24) is 24.7 Å². The van der Waals surface area contributed by atoms with Gasteiger partial charge in [-0.1, -0.05) is 0 Å². The number of aromatic nitrogens is 5. The van der Waals surface area contributed by atoms with Crippen molar-refractivity contribution >= 4 is 16.9 Å². The molecule has 5 rings (SSSR count). The van der Waals surface area contributed by atoms with Crippen molar-refractivity contribution in [3.8, 4) is 17.0 Å². The first-order valence-corrected chi connectivity index (χ1v) is 12.6. The van der Waals surface area contributed by atoms with Crippen molar-refractivity contribution in [2.75, 3.05) is 18.0 Å². The maximum absolute atomic E-state index is 14.1. The number of rotatable bonds is 7. The lowest BCUT2D eigenvalue weighted by Gasteiger charge is -2.33.